The number of rotatable bonds is 10. The van der Waals surface area contributed by atoms with E-state index in [1.807, 2.05) is 24.3 Å². The summed E-state index contributed by atoms with van der Waals surface area (Å²) < 4.78 is 26.1. The lowest BCUT2D eigenvalue weighted by molar-refractivity contribution is -0.139. The summed E-state index contributed by atoms with van der Waals surface area (Å²) in [6.07, 6.45) is 0.0305. The molecule has 0 amide bonds. The first-order valence-electron chi connectivity index (χ1n) is 8.30. The molecular formula is C20H24O7. The quantitative estimate of drug-likeness (QED) is 0.504. The van der Waals surface area contributed by atoms with E-state index in [1.165, 1.54) is 21.3 Å². The number of hydrogen-bond donors (Lipinski definition) is 1. The van der Waals surface area contributed by atoms with Crippen LogP contribution < -0.4 is 9.47 Å². The third-order valence-corrected chi connectivity index (χ3v) is 3.79. The Morgan fingerprint density at radius 2 is 1.74 bits per heavy atom. The number of aliphatic hydroxyl groups excluding tert-OH is 1. The van der Waals surface area contributed by atoms with Gasteiger partial charge in [-0.2, -0.15) is 0 Å². The van der Waals surface area contributed by atoms with Crippen LogP contribution >= 0.6 is 0 Å². The Morgan fingerprint density at radius 3 is 2.41 bits per heavy atom. The molecule has 0 aliphatic heterocycles. The zero-order valence-electron chi connectivity index (χ0n) is 15.7. The summed E-state index contributed by atoms with van der Waals surface area (Å²) in [7, 11) is 4.38. The molecule has 0 heterocycles. The lowest BCUT2D eigenvalue weighted by Gasteiger charge is -2.18. The van der Waals surface area contributed by atoms with E-state index in [-0.39, 0.29) is 26.6 Å². The number of ether oxygens (including phenoxy) is 5. The molecule has 0 fully saturated rings. The molecule has 7 nitrogen and oxygen atoms in total. The summed E-state index contributed by atoms with van der Waals surface area (Å²) in [5, 5.41) is 9.45. The molecule has 0 saturated carbocycles. The normalized spacial score (nSPS) is 10.5. The molecule has 2 aromatic rings. The Bertz CT molecular complexity index is 758. The average molecular weight is 376 g/mol. The van der Waals surface area contributed by atoms with Gasteiger partial charge in [-0.05, 0) is 28.8 Å². The fourth-order valence-electron chi connectivity index (χ4n) is 2.61. The van der Waals surface area contributed by atoms with Crippen molar-refractivity contribution in [2.24, 2.45) is 0 Å². The van der Waals surface area contributed by atoms with Crippen LogP contribution in [0.5, 0.6) is 11.5 Å². The Morgan fingerprint density at radius 1 is 1.00 bits per heavy atom. The molecule has 0 saturated heterocycles. The van der Waals surface area contributed by atoms with Gasteiger partial charge >= 0.3 is 5.97 Å². The van der Waals surface area contributed by atoms with Crippen molar-refractivity contribution < 1.29 is 33.6 Å². The number of carbonyl (C=O) groups is 1. The summed E-state index contributed by atoms with van der Waals surface area (Å²) in [5.74, 6) is 0.583. The fourth-order valence-corrected chi connectivity index (χ4v) is 2.61. The van der Waals surface area contributed by atoms with Gasteiger partial charge < -0.3 is 28.8 Å². The van der Waals surface area contributed by atoms with Crippen molar-refractivity contribution in [3.8, 4) is 22.6 Å². The van der Waals surface area contributed by atoms with Gasteiger partial charge in [0.2, 0.25) is 0 Å². The smallest absolute Gasteiger partial charge is 0.310 e. The minimum atomic E-state index is -0.392. The summed E-state index contributed by atoms with van der Waals surface area (Å²) in [5.41, 5.74) is 2.91. The lowest BCUT2D eigenvalue weighted by atomic mass is 9.95. The second kappa shape index (κ2) is 10.5. The topological polar surface area (TPSA) is 83.5 Å². The third-order valence-electron chi connectivity index (χ3n) is 3.79. The highest BCUT2D eigenvalue weighted by Gasteiger charge is 2.18. The highest BCUT2D eigenvalue weighted by atomic mass is 16.7. The number of carbonyl (C=O) groups excluding carboxylic acids is 1. The molecule has 1 N–H and O–H groups in total. The molecule has 0 aliphatic rings. The fraction of sp³-hybridized carbons (Fsp3) is 0.350. The number of hydrogen-bond acceptors (Lipinski definition) is 7. The molecule has 7 heteroatoms. The molecular weight excluding hydrogens is 352 g/mol. The van der Waals surface area contributed by atoms with E-state index in [0.29, 0.717) is 22.6 Å². The number of methoxy groups -OCH3 is 3. The molecule has 0 aromatic heterocycles. The molecule has 0 radical (unpaired) electrons. The highest BCUT2D eigenvalue weighted by molar-refractivity contribution is 5.82. The first-order chi connectivity index (χ1) is 13.1. The third kappa shape index (κ3) is 5.68. The zero-order chi connectivity index (χ0) is 19.6. The minimum absolute atomic E-state index is 0.0259. The first-order valence-corrected chi connectivity index (χ1v) is 8.30. The Labute approximate surface area is 158 Å². The summed E-state index contributed by atoms with van der Waals surface area (Å²) in [6, 6.07) is 10.8. The molecule has 2 aromatic carbocycles. The lowest BCUT2D eigenvalue weighted by Crippen LogP contribution is -2.09. The van der Waals surface area contributed by atoms with Crippen molar-refractivity contribution in [3.05, 3.63) is 47.5 Å². The molecule has 0 unspecified atom stereocenters. The van der Waals surface area contributed by atoms with Crippen molar-refractivity contribution in [2.45, 2.75) is 13.0 Å². The Hall–Kier alpha value is -2.61. The molecule has 0 spiro atoms. The van der Waals surface area contributed by atoms with E-state index in [1.54, 1.807) is 12.1 Å². The van der Waals surface area contributed by atoms with E-state index in [0.717, 1.165) is 11.1 Å². The number of esters is 1. The van der Waals surface area contributed by atoms with E-state index in [4.69, 9.17) is 23.7 Å². The van der Waals surface area contributed by atoms with Gasteiger partial charge in [-0.3, -0.25) is 4.79 Å². The van der Waals surface area contributed by atoms with Crippen LogP contribution in [-0.4, -0.2) is 46.0 Å². The average Bonchev–Trinajstić information content (AvgIpc) is 2.70. The molecule has 0 aliphatic carbocycles. The summed E-state index contributed by atoms with van der Waals surface area (Å²) in [4.78, 5) is 11.9. The van der Waals surface area contributed by atoms with Gasteiger partial charge in [-0.15, -0.1) is 0 Å². The van der Waals surface area contributed by atoms with E-state index >= 15 is 0 Å². The van der Waals surface area contributed by atoms with Crippen LogP contribution in [0.2, 0.25) is 0 Å². The number of aliphatic hydroxyl groups is 1. The van der Waals surface area contributed by atoms with Crippen molar-refractivity contribution >= 4 is 5.97 Å². The van der Waals surface area contributed by atoms with Gasteiger partial charge in [0.25, 0.3) is 0 Å². The van der Waals surface area contributed by atoms with Crippen LogP contribution in [0.3, 0.4) is 0 Å². The summed E-state index contributed by atoms with van der Waals surface area (Å²) >= 11 is 0. The predicted molar refractivity (Wildman–Crippen MR) is 98.5 cm³/mol. The first kappa shape index (κ1) is 20.7. The van der Waals surface area contributed by atoms with Gasteiger partial charge in [0.1, 0.15) is 11.5 Å². The Kier molecular flexibility index (Phi) is 8.06. The zero-order valence-corrected chi connectivity index (χ0v) is 15.7. The van der Waals surface area contributed by atoms with Crippen LogP contribution in [0.15, 0.2) is 36.4 Å². The Balaban J connectivity index is 2.60. The largest absolute Gasteiger partial charge is 0.469 e. The summed E-state index contributed by atoms with van der Waals surface area (Å²) in [6.45, 7) is -0.0116. The molecule has 0 atom stereocenters. The molecule has 146 valence electrons. The van der Waals surface area contributed by atoms with Gasteiger partial charge in [-0.1, -0.05) is 18.2 Å². The van der Waals surface area contributed by atoms with E-state index in [2.05, 4.69) is 0 Å². The van der Waals surface area contributed by atoms with Crippen LogP contribution in [0.25, 0.3) is 11.1 Å². The van der Waals surface area contributed by atoms with Crippen LogP contribution in [-0.2, 0) is 32.0 Å². The van der Waals surface area contributed by atoms with Crippen molar-refractivity contribution in [2.75, 3.05) is 34.9 Å². The van der Waals surface area contributed by atoms with Crippen molar-refractivity contribution in [1.29, 1.82) is 0 Å². The monoisotopic (exact) mass is 376 g/mol. The maximum atomic E-state index is 11.9. The SMILES string of the molecule is COCOc1cc(CC(=O)OC)c(-c2cccc(CO)c2)c(OCOC)c1. The molecule has 0 bridgehead atoms. The van der Waals surface area contributed by atoms with E-state index < -0.39 is 5.97 Å². The maximum absolute atomic E-state index is 11.9. The highest BCUT2D eigenvalue weighted by Crippen LogP contribution is 2.38. The second-order valence-electron chi connectivity index (χ2n) is 5.67. The van der Waals surface area contributed by atoms with E-state index in [9.17, 15) is 9.90 Å². The van der Waals surface area contributed by atoms with Crippen LogP contribution in [0.1, 0.15) is 11.1 Å². The molecule has 2 rings (SSSR count). The standard InChI is InChI=1S/C20H24O7/c1-23-12-26-17-8-16(9-19(22)25-3)20(18(10-17)27-13-24-2)15-6-4-5-14(7-15)11-21/h4-8,10,21H,9,11-13H2,1-3H3. The van der Waals surface area contributed by atoms with Gasteiger partial charge in [0.05, 0.1) is 20.1 Å². The number of benzene rings is 2. The second-order valence-corrected chi connectivity index (χ2v) is 5.67. The molecule has 27 heavy (non-hydrogen) atoms. The van der Waals surface area contributed by atoms with Crippen molar-refractivity contribution in [3.63, 3.8) is 0 Å². The van der Waals surface area contributed by atoms with Crippen LogP contribution in [0.4, 0.5) is 0 Å². The maximum Gasteiger partial charge on any atom is 0.310 e. The van der Waals surface area contributed by atoms with Crippen LogP contribution in [0, 0.1) is 0 Å². The van der Waals surface area contributed by atoms with Crippen molar-refractivity contribution in [1.82, 2.24) is 0 Å². The van der Waals surface area contributed by atoms with Gasteiger partial charge in [0.15, 0.2) is 13.6 Å². The van der Waals surface area contributed by atoms with Gasteiger partial charge in [-0.25, -0.2) is 0 Å². The predicted octanol–water partition coefficient (Wildman–Crippen LogP) is 2.53. The minimum Gasteiger partial charge on any atom is -0.469 e. The van der Waals surface area contributed by atoms with Gasteiger partial charge in [0, 0.05) is 25.8 Å².